The molecule has 0 spiro atoms. The van der Waals surface area contributed by atoms with Crippen LogP contribution >= 0.6 is 0 Å². The summed E-state index contributed by atoms with van der Waals surface area (Å²) in [6.45, 7) is 6.41. The summed E-state index contributed by atoms with van der Waals surface area (Å²) in [5.74, 6) is 0.973. The van der Waals surface area contributed by atoms with Gasteiger partial charge in [0, 0.05) is 51.0 Å². The van der Waals surface area contributed by atoms with Gasteiger partial charge in [0.05, 0.1) is 6.04 Å². The first-order valence-corrected chi connectivity index (χ1v) is 6.35. The first kappa shape index (κ1) is 11.1. The summed E-state index contributed by atoms with van der Waals surface area (Å²) in [5.41, 5.74) is 6.64. The fourth-order valence-corrected chi connectivity index (χ4v) is 2.72. The van der Waals surface area contributed by atoms with Gasteiger partial charge in [0.1, 0.15) is 5.82 Å². The van der Waals surface area contributed by atoms with E-state index in [-0.39, 0.29) is 0 Å². The number of aromatic nitrogens is 2. The fraction of sp³-hybridized carbons (Fsp3) is 0.667. The molecule has 5 nitrogen and oxygen atoms in total. The van der Waals surface area contributed by atoms with E-state index in [0.29, 0.717) is 12.6 Å². The van der Waals surface area contributed by atoms with E-state index in [4.69, 9.17) is 5.73 Å². The van der Waals surface area contributed by atoms with Gasteiger partial charge >= 0.3 is 0 Å². The number of hydrogen-bond acceptors (Lipinski definition) is 5. The number of nitrogens with zero attached hydrogens (tertiary/aromatic N) is 4. The Bertz CT molecular complexity index is 386. The van der Waals surface area contributed by atoms with Crippen molar-refractivity contribution in [3.63, 3.8) is 0 Å². The molecule has 5 heteroatoms. The summed E-state index contributed by atoms with van der Waals surface area (Å²) >= 11 is 0. The Hall–Kier alpha value is -1.04. The van der Waals surface area contributed by atoms with Gasteiger partial charge in [-0.15, -0.1) is 0 Å². The van der Waals surface area contributed by atoms with Crippen molar-refractivity contribution in [3.05, 3.63) is 23.8 Å². The van der Waals surface area contributed by atoms with E-state index in [2.05, 4.69) is 19.8 Å². The van der Waals surface area contributed by atoms with Crippen molar-refractivity contribution in [2.75, 3.05) is 39.3 Å². The molecule has 3 saturated heterocycles. The molecule has 0 aliphatic carbocycles. The van der Waals surface area contributed by atoms with Crippen LogP contribution in [0.15, 0.2) is 12.3 Å². The zero-order valence-electron chi connectivity index (χ0n) is 10.0. The van der Waals surface area contributed by atoms with Gasteiger partial charge in [0.25, 0.3) is 0 Å². The van der Waals surface area contributed by atoms with E-state index in [1.807, 2.05) is 12.3 Å². The van der Waals surface area contributed by atoms with Crippen LogP contribution in [-0.4, -0.2) is 59.0 Å². The van der Waals surface area contributed by atoms with E-state index in [9.17, 15) is 0 Å². The molecule has 1 unspecified atom stereocenters. The van der Waals surface area contributed by atoms with E-state index in [0.717, 1.165) is 37.6 Å². The Labute approximate surface area is 102 Å². The number of rotatable bonds is 3. The van der Waals surface area contributed by atoms with Gasteiger partial charge in [-0.2, -0.15) is 0 Å². The van der Waals surface area contributed by atoms with Crippen LogP contribution in [0.25, 0.3) is 0 Å². The summed E-state index contributed by atoms with van der Waals surface area (Å²) < 4.78 is 0. The van der Waals surface area contributed by atoms with Crippen molar-refractivity contribution < 1.29 is 0 Å². The average molecular weight is 233 g/mol. The predicted octanol–water partition coefficient (Wildman–Crippen LogP) is -0.350. The number of fused-ring (bicyclic) bond motifs is 3. The molecule has 4 rings (SSSR count). The van der Waals surface area contributed by atoms with Gasteiger partial charge in [-0.25, -0.2) is 9.97 Å². The molecule has 3 aliphatic heterocycles. The minimum atomic E-state index is 0.384. The Balaban J connectivity index is 1.81. The summed E-state index contributed by atoms with van der Waals surface area (Å²) in [6.07, 6.45) is 2.71. The fourth-order valence-electron chi connectivity index (χ4n) is 2.72. The molecule has 17 heavy (non-hydrogen) atoms. The second-order valence-corrected chi connectivity index (χ2v) is 4.80. The van der Waals surface area contributed by atoms with E-state index in [1.54, 1.807) is 0 Å². The van der Waals surface area contributed by atoms with Gasteiger partial charge in [0.15, 0.2) is 0 Å². The molecule has 1 aromatic heterocycles. The van der Waals surface area contributed by atoms with Crippen LogP contribution in [0, 0.1) is 0 Å². The van der Waals surface area contributed by atoms with Gasteiger partial charge in [-0.1, -0.05) is 0 Å². The molecule has 1 aromatic rings. The van der Waals surface area contributed by atoms with Gasteiger partial charge in [0.2, 0.25) is 0 Å². The molecular formula is C12H19N5. The average Bonchev–Trinajstić information content (AvgIpc) is 2.41. The zero-order valence-corrected chi connectivity index (χ0v) is 10.0. The van der Waals surface area contributed by atoms with E-state index < -0.39 is 0 Å². The molecule has 1 atom stereocenters. The van der Waals surface area contributed by atoms with Crippen molar-refractivity contribution in [1.29, 1.82) is 0 Å². The lowest BCUT2D eigenvalue weighted by Crippen LogP contribution is -2.57. The van der Waals surface area contributed by atoms with Crippen LogP contribution in [-0.2, 0) is 6.42 Å². The molecule has 2 bridgehead atoms. The van der Waals surface area contributed by atoms with E-state index >= 15 is 0 Å². The SMILES string of the molecule is NCCc1ccnc(C2CN3CCN2CC3)n1. The van der Waals surface area contributed by atoms with E-state index in [1.165, 1.54) is 13.1 Å². The third-order valence-corrected chi connectivity index (χ3v) is 3.71. The van der Waals surface area contributed by atoms with Crippen LogP contribution in [0.2, 0.25) is 0 Å². The highest BCUT2D eigenvalue weighted by Gasteiger charge is 2.34. The van der Waals surface area contributed by atoms with Gasteiger partial charge in [-0.05, 0) is 12.6 Å². The predicted molar refractivity (Wildman–Crippen MR) is 65.5 cm³/mol. The van der Waals surface area contributed by atoms with Crippen molar-refractivity contribution in [1.82, 2.24) is 19.8 Å². The monoisotopic (exact) mass is 233 g/mol. The van der Waals surface area contributed by atoms with Crippen molar-refractivity contribution >= 4 is 0 Å². The van der Waals surface area contributed by atoms with Crippen molar-refractivity contribution in [2.24, 2.45) is 5.73 Å². The standard InChI is InChI=1S/C12H19N5/c13-3-1-10-2-4-14-12(15-10)11-9-16-5-7-17(11)8-6-16/h2,4,11H,1,3,5-9,13H2. The topological polar surface area (TPSA) is 58.3 Å². The summed E-state index contributed by atoms with van der Waals surface area (Å²) in [5, 5.41) is 0. The molecule has 2 N–H and O–H groups in total. The molecule has 3 aliphatic rings. The maximum absolute atomic E-state index is 5.57. The Morgan fingerprint density at radius 2 is 2.12 bits per heavy atom. The Kier molecular flexibility index (Phi) is 3.05. The van der Waals surface area contributed by atoms with Crippen LogP contribution in [0.5, 0.6) is 0 Å². The molecule has 4 heterocycles. The normalized spacial score (nSPS) is 31.7. The van der Waals surface area contributed by atoms with Gasteiger partial charge in [-0.3, -0.25) is 9.80 Å². The lowest BCUT2D eigenvalue weighted by Gasteiger charge is -2.46. The largest absolute Gasteiger partial charge is 0.330 e. The molecule has 0 saturated carbocycles. The molecule has 0 amide bonds. The maximum atomic E-state index is 5.57. The van der Waals surface area contributed by atoms with Crippen LogP contribution in [0.4, 0.5) is 0 Å². The van der Waals surface area contributed by atoms with Crippen molar-refractivity contribution in [2.45, 2.75) is 12.5 Å². The molecule has 0 aromatic carbocycles. The summed E-state index contributed by atoms with van der Waals surface area (Å²) in [4.78, 5) is 14.1. The number of piperazine rings is 3. The summed E-state index contributed by atoms with van der Waals surface area (Å²) in [7, 11) is 0. The van der Waals surface area contributed by atoms with Gasteiger partial charge < -0.3 is 5.73 Å². The Morgan fingerprint density at radius 3 is 2.76 bits per heavy atom. The number of hydrogen-bond donors (Lipinski definition) is 1. The lowest BCUT2D eigenvalue weighted by atomic mass is 10.1. The third-order valence-electron chi connectivity index (χ3n) is 3.71. The second kappa shape index (κ2) is 4.68. The smallest absolute Gasteiger partial charge is 0.146 e. The minimum Gasteiger partial charge on any atom is -0.330 e. The molecular weight excluding hydrogens is 214 g/mol. The first-order valence-electron chi connectivity index (χ1n) is 6.35. The number of nitrogens with two attached hydrogens (primary N) is 1. The zero-order chi connectivity index (χ0) is 11.7. The molecule has 92 valence electrons. The first-order chi connectivity index (χ1) is 8.36. The van der Waals surface area contributed by atoms with Crippen molar-refractivity contribution in [3.8, 4) is 0 Å². The van der Waals surface area contributed by atoms with Crippen LogP contribution in [0.3, 0.4) is 0 Å². The highest BCUT2D eigenvalue weighted by molar-refractivity contribution is 5.08. The van der Waals surface area contributed by atoms with Crippen LogP contribution in [0.1, 0.15) is 17.6 Å². The maximum Gasteiger partial charge on any atom is 0.146 e. The minimum absolute atomic E-state index is 0.384. The highest BCUT2D eigenvalue weighted by Crippen LogP contribution is 2.26. The molecule has 3 fully saturated rings. The second-order valence-electron chi connectivity index (χ2n) is 4.80. The quantitative estimate of drug-likeness (QED) is 0.773. The molecule has 0 radical (unpaired) electrons. The highest BCUT2D eigenvalue weighted by atomic mass is 15.4. The lowest BCUT2D eigenvalue weighted by molar-refractivity contribution is 0.00856. The third kappa shape index (κ3) is 2.18. The van der Waals surface area contributed by atoms with Crippen LogP contribution < -0.4 is 5.73 Å². The Morgan fingerprint density at radius 1 is 1.29 bits per heavy atom. The summed E-state index contributed by atoms with van der Waals surface area (Å²) in [6, 6.07) is 2.35.